The zero-order chi connectivity index (χ0) is 14.5. The summed E-state index contributed by atoms with van der Waals surface area (Å²) in [7, 11) is 0. The number of ether oxygens (including phenoxy) is 2. The van der Waals surface area contributed by atoms with E-state index in [-0.39, 0.29) is 18.4 Å². The van der Waals surface area contributed by atoms with Gasteiger partial charge in [0.2, 0.25) is 0 Å². The van der Waals surface area contributed by atoms with Gasteiger partial charge in [0.1, 0.15) is 11.4 Å². The fourth-order valence-electron chi connectivity index (χ4n) is 1.68. The number of benzene rings is 1. The summed E-state index contributed by atoms with van der Waals surface area (Å²) in [4.78, 5) is 11.7. The monoisotopic (exact) mass is 265 g/mol. The van der Waals surface area contributed by atoms with Crippen molar-refractivity contribution in [2.45, 2.75) is 45.8 Å². The van der Waals surface area contributed by atoms with Gasteiger partial charge in [0, 0.05) is 6.04 Å². The Morgan fingerprint density at radius 3 is 2.63 bits per heavy atom. The van der Waals surface area contributed by atoms with Crippen molar-refractivity contribution in [3.63, 3.8) is 0 Å². The number of rotatable bonds is 5. The molecule has 0 fully saturated rings. The number of carbonyl (C=O) groups is 1. The second-order valence-corrected chi connectivity index (χ2v) is 5.40. The zero-order valence-electron chi connectivity index (χ0n) is 12.1. The fourth-order valence-corrected chi connectivity index (χ4v) is 1.68. The van der Waals surface area contributed by atoms with Gasteiger partial charge in [0.15, 0.2) is 0 Å². The molecule has 1 atom stereocenters. The lowest BCUT2D eigenvalue weighted by molar-refractivity contribution is -0.155. The molecule has 2 N–H and O–H groups in total. The van der Waals surface area contributed by atoms with Crippen molar-refractivity contribution in [1.82, 2.24) is 0 Å². The molecule has 0 aromatic heterocycles. The summed E-state index contributed by atoms with van der Waals surface area (Å²) in [5.74, 6) is 0.474. The summed E-state index contributed by atoms with van der Waals surface area (Å²) in [6.45, 7) is 8.04. The number of hydrogen-bond donors (Lipinski definition) is 1. The maximum Gasteiger partial charge on any atom is 0.308 e. The Morgan fingerprint density at radius 2 is 2.05 bits per heavy atom. The molecule has 0 radical (unpaired) electrons. The molecule has 0 heterocycles. The van der Waals surface area contributed by atoms with Crippen LogP contribution in [0.1, 0.15) is 45.7 Å². The van der Waals surface area contributed by atoms with Crippen LogP contribution in [0.15, 0.2) is 24.3 Å². The third-order valence-electron chi connectivity index (χ3n) is 2.40. The lowest BCUT2D eigenvalue weighted by Crippen LogP contribution is -2.26. The van der Waals surface area contributed by atoms with Gasteiger partial charge in [-0.2, -0.15) is 0 Å². The number of nitrogens with two attached hydrogens (primary N) is 1. The van der Waals surface area contributed by atoms with Crippen LogP contribution in [0.5, 0.6) is 5.75 Å². The first kappa shape index (κ1) is 15.5. The Labute approximate surface area is 114 Å². The summed E-state index contributed by atoms with van der Waals surface area (Å²) in [6, 6.07) is 7.11. The lowest BCUT2D eigenvalue weighted by Gasteiger charge is -2.21. The molecule has 106 valence electrons. The van der Waals surface area contributed by atoms with Gasteiger partial charge in [-0.05, 0) is 45.4 Å². The highest BCUT2D eigenvalue weighted by molar-refractivity contribution is 5.71. The van der Waals surface area contributed by atoms with Crippen molar-refractivity contribution in [1.29, 1.82) is 0 Å². The Balaban J connectivity index is 2.64. The molecule has 0 amide bonds. The highest BCUT2D eigenvalue weighted by atomic mass is 16.6. The molecule has 0 bridgehead atoms. The molecular formula is C15H23NO3. The minimum Gasteiger partial charge on any atom is -0.494 e. The molecule has 19 heavy (non-hydrogen) atoms. The van der Waals surface area contributed by atoms with Crippen molar-refractivity contribution in [2.24, 2.45) is 5.73 Å². The molecule has 1 rings (SSSR count). The summed E-state index contributed by atoms with van der Waals surface area (Å²) in [5.41, 5.74) is 6.41. The maximum absolute atomic E-state index is 11.7. The van der Waals surface area contributed by atoms with Gasteiger partial charge >= 0.3 is 5.97 Å². The van der Waals surface area contributed by atoms with E-state index in [1.54, 1.807) is 0 Å². The van der Waals surface area contributed by atoms with Gasteiger partial charge in [-0.1, -0.05) is 12.1 Å². The van der Waals surface area contributed by atoms with Crippen molar-refractivity contribution < 1.29 is 14.3 Å². The maximum atomic E-state index is 11.7. The molecule has 0 aliphatic carbocycles. The minimum atomic E-state index is -0.482. The molecule has 4 heteroatoms. The lowest BCUT2D eigenvalue weighted by atomic mass is 10.0. The van der Waals surface area contributed by atoms with Gasteiger partial charge in [0.05, 0.1) is 13.0 Å². The standard InChI is InChI=1S/C15H23NO3/c1-5-18-12-8-6-7-11(9-12)13(16)10-14(17)19-15(2,3)4/h6-9,13H,5,10,16H2,1-4H3/t13-/m0/s1. The Kier molecular flexibility index (Phi) is 5.36. The van der Waals surface area contributed by atoms with E-state index in [1.807, 2.05) is 52.0 Å². The van der Waals surface area contributed by atoms with Gasteiger partial charge < -0.3 is 15.2 Å². The number of carbonyl (C=O) groups excluding carboxylic acids is 1. The average Bonchev–Trinajstić information content (AvgIpc) is 2.27. The first-order valence-electron chi connectivity index (χ1n) is 6.52. The number of esters is 1. The summed E-state index contributed by atoms with van der Waals surface area (Å²) in [6.07, 6.45) is 0.160. The van der Waals surface area contributed by atoms with Crippen LogP contribution in [0.25, 0.3) is 0 Å². The van der Waals surface area contributed by atoms with E-state index >= 15 is 0 Å². The van der Waals surface area contributed by atoms with E-state index in [9.17, 15) is 4.79 Å². The van der Waals surface area contributed by atoms with Gasteiger partial charge in [-0.3, -0.25) is 4.79 Å². The van der Waals surface area contributed by atoms with Crippen LogP contribution in [-0.2, 0) is 9.53 Å². The largest absolute Gasteiger partial charge is 0.494 e. The van der Waals surface area contributed by atoms with Crippen LogP contribution in [0, 0.1) is 0 Å². The van der Waals surface area contributed by atoms with E-state index in [0.29, 0.717) is 6.61 Å². The summed E-state index contributed by atoms with van der Waals surface area (Å²) >= 11 is 0. The highest BCUT2D eigenvalue weighted by Crippen LogP contribution is 2.21. The second kappa shape index (κ2) is 6.57. The van der Waals surface area contributed by atoms with E-state index in [1.165, 1.54) is 0 Å². The Morgan fingerprint density at radius 1 is 1.37 bits per heavy atom. The predicted molar refractivity (Wildman–Crippen MR) is 75.0 cm³/mol. The summed E-state index contributed by atoms with van der Waals surface area (Å²) in [5, 5.41) is 0. The molecule has 0 saturated heterocycles. The topological polar surface area (TPSA) is 61.5 Å². The van der Waals surface area contributed by atoms with E-state index in [4.69, 9.17) is 15.2 Å². The van der Waals surface area contributed by atoms with Gasteiger partial charge in [-0.25, -0.2) is 0 Å². The average molecular weight is 265 g/mol. The molecule has 0 unspecified atom stereocenters. The predicted octanol–water partition coefficient (Wildman–Crippen LogP) is 2.82. The highest BCUT2D eigenvalue weighted by Gasteiger charge is 2.19. The van der Waals surface area contributed by atoms with Crippen LogP contribution in [-0.4, -0.2) is 18.2 Å². The van der Waals surface area contributed by atoms with Crippen LogP contribution >= 0.6 is 0 Å². The van der Waals surface area contributed by atoms with E-state index in [0.717, 1.165) is 11.3 Å². The molecule has 0 spiro atoms. The van der Waals surface area contributed by atoms with Crippen molar-refractivity contribution in [3.05, 3.63) is 29.8 Å². The third-order valence-corrected chi connectivity index (χ3v) is 2.40. The zero-order valence-corrected chi connectivity index (χ0v) is 12.1. The van der Waals surface area contributed by atoms with Crippen LogP contribution < -0.4 is 10.5 Å². The molecule has 0 aliphatic rings. The van der Waals surface area contributed by atoms with E-state index < -0.39 is 5.60 Å². The van der Waals surface area contributed by atoms with E-state index in [2.05, 4.69) is 0 Å². The van der Waals surface area contributed by atoms with Crippen molar-refractivity contribution in [3.8, 4) is 5.75 Å². The first-order chi connectivity index (χ1) is 8.81. The van der Waals surface area contributed by atoms with Crippen LogP contribution in [0.2, 0.25) is 0 Å². The van der Waals surface area contributed by atoms with Gasteiger partial charge in [0.25, 0.3) is 0 Å². The molecule has 4 nitrogen and oxygen atoms in total. The smallest absolute Gasteiger partial charge is 0.308 e. The Bertz CT molecular complexity index is 424. The van der Waals surface area contributed by atoms with Crippen LogP contribution in [0.3, 0.4) is 0 Å². The quantitative estimate of drug-likeness (QED) is 0.832. The first-order valence-corrected chi connectivity index (χ1v) is 6.52. The van der Waals surface area contributed by atoms with Crippen molar-refractivity contribution in [2.75, 3.05) is 6.61 Å². The summed E-state index contributed by atoms with van der Waals surface area (Å²) < 4.78 is 10.7. The SMILES string of the molecule is CCOc1cccc([C@@H](N)CC(=O)OC(C)(C)C)c1. The normalized spacial score (nSPS) is 12.9. The molecule has 1 aromatic carbocycles. The fraction of sp³-hybridized carbons (Fsp3) is 0.533. The third kappa shape index (κ3) is 5.75. The van der Waals surface area contributed by atoms with Gasteiger partial charge in [-0.15, -0.1) is 0 Å². The number of hydrogen-bond acceptors (Lipinski definition) is 4. The van der Waals surface area contributed by atoms with Crippen molar-refractivity contribution >= 4 is 5.97 Å². The van der Waals surface area contributed by atoms with Crippen LogP contribution in [0.4, 0.5) is 0 Å². The second-order valence-electron chi connectivity index (χ2n) is 5.40. The molecule has 0 saturated carbocycles. The molecule has 1 aromatic rings. The molecular weight excluding hydrogens is 242 g/mol. The molecule has 0 aliphatic heterocycles. The minimum absolute atomic E-state index is 0.160. The Hall–Kier alpha value is -1.55.